The van der Waals surface area contributed by atoms with Crippen LogP contribution in [0.2, 0.25) is 0 Å². The maximum atomic E-state index is 12.7. The average Bonchev–Trinajstić information content (AvgIpc) is 3.10. The summed E-state index contributed by atoms with van der Waals surface area (Å²) in [5.74, 6) is 1.02. The van der Waals surface area contributed by atoms with Gasteiger partial charge in [0, 0.05) is 36.4 Å². The van der Waals surface area contributed by atoms with E-state index in [1.165, 1.54) is 12.4 Å². The monoisotopic (exact) mass is 426 g/mol. The van der Waals surface area contributed by atoms with Crippen molar-refractivity contribution in [2.75, 3.05) is 0 Å². The number of fused-ring (bicyclic) bond motifs is 1. The first-order chi connectivity index (χ1) is 14.9. The van der Waals surface area contributed by atoms with Crippen LogP contribution in [0.5, 0.6) is 0 Å². The maximum Gasteiger partial charge on any atom is 0.408 e. The van der Waals surface area contributed by atoms with E-state index in [2.05, 4.69) is 26.2 Å². The van der Waals surface area contributed by atoms with Crippen LogP contribution in [0, 0.1) is 17.2 Å². The molecular weight excluding hydrogens is 409 g/mol. The molecule has 8 nitrogen and oxygen atoms in total. The van der Waals surface area contributed by atoms with E-state index in [1.54, 1.807) is 29.1 Å². The van der Waals surface area contributed by atoms with Gasteiger partial charge in [0.1, 0.15) is 18.0 Å². The summed E-state index contributed by atoms with van der Waals surface area (Å²) in [5, 5.41) is 17.4. The summed E-state index contributed by atoms with van der Waals surface area (Å²) in [4.78, 5) is 8.98. The summed E-state index contributed by atoms with van der Waals surface area (Å²) in [5.41, 5.74) is 2.26. The van der Waals surface area contributed by atoms with E-state index in [-0.39, 0.29) is 6.04 Å². The lowest BCUT2D eigenvalue weighted by Crippen LogP contribution is -2.17. The Hall–Kier alpha value is -3.68. The molecule has 1 unspecified atom stereocenters. The summed E-state index contributed by atoms with van der Waals surface area (Å²) in [6.45, 7) is -1.17. The van der Waals surface area contributed by atoms with Crippen molar-refractivity contribution in [1.29, 1.82) is 5.26 Å². The van der Waals surface area contributed by atoms with Gasteiger partial charge >= 0.3 is 6.18 Å². The van der Waals surface area contributed by atoms with Crippen LogP contribution in [0.3, 0.4) is 0 Å². The lowest BCUT2D eigenvalue weighted by Gasteiger charge is -2.12. The number of nitriles is 1. The van der Waals surface area contributed by atoms with Crippen molar-refractivity contribution in [3.8, 4) is 28.7 Å². The summed E-state index contributed by atoms with van der Waals surface area (Å²) in [6, 6.07) is 3.96. The molecule has 0 radical (unpaired) electrons. The molecule has 0 amide bonds. The molecule has 1 aliphatic rings. The molecule has 1 fully saturated rings. The van der Waals surface area contributed by atoms with Gasteiger partial charge in [-0.15, -0.1) is 0 Å². The molecule has 11 heteroatoms. The van der Waals surface area contributed by atoms with Gasteiger partial charge in [-0.2, -0.15) is 28.6 Å². The maximum absolute atomic E-state index is 12.7. The predicted octanol–water partition coefficient (Wildman–Crippen LogP) is 3.88. The SMILES string of the molecule is N#CCC(C1CC1)n1cc(-c2nc(-c3cnn(CC(F)(F)F)c3)cc3nccn23)cn1. The minimum absolute atomic E-state index is 0.0285. The Morgan fingerprint density at radius 1 is 1.16 bits per heavy atom. The second kappa shape index (κ2) is 7.23. The van der Waals surface area contributed by atoms with Crippen LogP contribution in [-0.2, 0) is 6.54 Å². The van der Waals surface area contributed by atoms with Crippen molar-refractivity contribution >= 4 is 5.65 Å². The second-order valence-electron chi connectivity index (χ2n) is 7.64. The number of hydrogen-bond acceptors (Lipinski definition) is 5. The minimum atomic E-state index is -4.36. The third-order valence-corrected chi connectivity index (χ3v) is 5.33. The van der Waals surface area contributed by atoms with Crippen molar-refractivity contribution in [2.45, 2.75) is 38.0 Å². The molecular formula is C20H17F3N8. The Kier molecular flexibility index (Phi) is 4.50. The molecule has 31 heavy (non-hydrogen) atoms. The van der Waals surface area contributed by atoms with E-state index < -0.39 is 12.7 Å². The molecule has 0 bridgehead atoms. The van der Waals surface area contributed by atoms with Crippen LogP contribution >= 0.6 is 0 Å². The van der Waals surface area contributed by atoms with Crippen molar-refractivity contribution in [1.82, 2.24) is 33.9 Å². The van der Waals surface area contributed by atoms with E-state index in [4.69, 9.17) is 5.26 Å². The Morgan fingerprint density at radius 3 is 2.71 bits per heavy atom. The van der Waals surface area contributed by atoms with Crippen LogP contribution in [0.4, 0.5) is 13.2 Å². The van der Waals surface area contributed by atoms with Crippen LogP contribution < -0.4 is 0 Å². The summed E-state index contributed by atoms with van der Waals surface area (Å²) in [7, 11) is 0. The van der Waals surface area contributed by atoms with Gasteiger partial charge in [0.15, 0.2) is 0 Å². The van der Waals surface area contributed by atoms with Gasteiger partial charge in [-0.25, -0.2) is 9.97 Å². The molecule has 0 N–H and O–H groups in total. The zero-order chi connectivity index (χ0) is 21.6. The summed E-state index contributed by atoms with van der Waals surface area (Å²) < 4.78 is 42.5. The summed E-state index contributed by atoms with van der Waals surface area (Å²) >= 11 is 0. The first-order valence-electron chi connectivity index (χ1n) is 9.76. The lowest BCUT2D eigenvalue weighted by molar-refractivity contribution is -0.142. The second-order valence-corrected chi connectivity index (χ2v) is 7.64. The van der Waals surface area contributed by atoms with Crippen molar-refractivity contribution in [3.05, 3.63) is 43.2 Å². The zero-order valence-electron chi connectivity index (χ0n) is 16.2. The Balaban J connectivity index is 1.53. The van der Waals surface area contributed by atoms with E-state index >= 15 is 0 Å². The molecule has 4 aromatic heterocycles. The molecule has 0 aromatic carbocycles. The molecule has 0 aliphatic heterocycles. The standard InChI is InChI=1S/C20H17F3N8/c21-20(22,23)12-29-10-14(8-26-29)16-7-18-25-5-6-30(18)19(28-16)15-9-27-31(11-15)17(3-4-24)13-1-2-13/h5-11,13,17H,1-3,12H2. The van der Waals surface area contributed by atoms with E-state index in [9.17, 15) is 13.2 Å². The van der Waals surface area contributed by atoms with Crippen molar-refractivity contribution in [2.24, 2.45) is 5.92 Å². The number of rotatable bonds is 6. The van der Waals surface area contributed by atoms with Gasteiger partial charge in [-0.05, 0) is 18.8 Å². The number of imidazole rings is 1. The van der Waals surface area contributed by atoms with Crippen LogP contribution in [0.1, 0.15) is 25.3 Å². The highest BCUT2D eigenvalue weighted by atomic mass is 19.4. The highest BCUT2D eigenvalue weighted by Gasteiger charge is 2.33. The van der Waals surface area contributed by atoms with Gasteiger partial charge in [0.05, 0.1) is 42.2 Å². The van der Waals surface area contributed by atoms with Gasteiger partial charge in [0.2, 0.25) is 0 Å². The Labute approximate surface area is 174 Å². The lowest BCUT2D eigenvalue weighted by atomic mass is 10.1. The van der Waals surface area contributed by atoms with Crippen molar-refractivity contribution in [3.63, 3.8) is 0 Å². The third kappa shape index (κ3) is 3.88. The number of nitrogens with zero attached hydrogens (tertiary/aromatic N) is 8. The fraction of sp³-hybridized carbons (Fsp3) is 0.350. The van der Waals surface area contributed by atoms with E-state index in [1.807, 2.05) is 10.9 Å². The molecule has 4 aromatic rings. The highest BCUT2D eigenvalue weighted by molar-refractivity contribution is 5.68. The number of hydrogen-bond donors (Lipinski definition) is 0. The third-order valence-electron chi connectivity index (χ3n) is 5.33. The van der Waals surface area contributed by atoms with E-state index in [0.29, 0.717) is 35.1 Å². The normalized spacial score (nSPS) is 15.3. The van der Waals surface area contributed by atoms with Gasteiger partial charge in [0.25, 0.3) is 0 Å². The smallest absolute Gasteiger partial charge is 0.284 e. The molecule has 158 valence electrons. The Morgan fingerprint density at radius 2 is 1.97 bits per heavy atom. The largest absolute Gasteiger partial charge is 0.408 e. The van der Waals surface area contributed by atoms with Crippen LogP contribution in [-0.4, -0.2) is 40.1 Å². The van der Waals surface area contributed by atoms with Crippen LogP contribution in [0.25, 0.3) is 28.3 Å². The van der Waals surface area contributed by atoms with Gasteiger partial charge < -0.3 is 0 Å². The van der Waals surface area contributed by atoms with E-state index in [0.717, 1.165) is 23.1 Å². The number of halogens is 3. The quantitative estimate of drug-likeness (QED) is 0.467. The number of aromatic nitrogens is 7. The Bertz CT molecular complexity index is 1270. The average molecular weight is 426 g/mol. The molecule has 1 aliphatic carbocycles. The summed E-state index contributed by atoms with van der Waals surface area (Å²) in [6.07, 6.45) is 7.82. The molecule has 1 saturated carbocycles. The van der Waals surface area contributed by atoms with Gasteiger partial charge in [-0.3, -0.25) is 13.8 Å². The first-order valence-corrected chi connectivity index (χ1v) is 9.76. The first kappa shape index (κ1) is 19.3. The fourth-order valence-electron chi connectivity index (χ4n) is 3.73. The number of alkyl halides is 3. The molecule has 1 atom stereocenters. The predicted molar refractivity (Wildman–Crippen MR) is 103 cm³/mol. The highest BCUT2D eigenvalue weighted by Crippen LogP contribution is 2.41. The minimum Gasteiger partial charge on any atom is -0.284 e. The zero-order valence-corrected chi connectivity index (χ0v) is 16.2. The fourth-order valence-corrected chi connectivity index (χ4v) is 3.73. The molecule has 0 spiro atoms. The molecule has 0 saturated heterocycles. The van der Waals surface area contributed by atoms with Crippen molar-refractivity contribution < 1.29 is 13.2 Å². The molecule has 5 rings (SSSR count). The van der Waals surface area contributed by atoms with Gasteiger partial charge in [-0.1, -0.05) is 0 Å². The molecule has 4 heterocycles. The topological polar surface area (TPSA) is 89.6 Å². The van der Waals surface area contributed by atoms with Crippen LogP contribution in [0.15, 0.2) is 43.2 Å².